The molecule has 3 aromatic carbocycles. The predicted molar refractivity (Wildman–Crippen MR) is 146 cm³/mol. The first-order chi connectivity index (χ1) is 19.0. The molecule has 0 bridgehead atoms. The van der Waals surface area contributed by atoms with Crippen LogP contribution >= 0.6 is 15.9 Å². The first-order valence-electron chi connectivity index (χ1n) is 13.3. The van der Waals surface area contributed by atoms with Gasteiger partial charge in [-0.1, -0.05) is 76.6 Å². The van der Waals surface area contributed by atoms with E-state index in [9.17, 15) is 14.4 Å². The molecule has 8 rings (SSSR count). The zero-order valence-corrected chi connectivity index (χ0v) is 22.5. The van der Waals surface area contributed by atoms with E-state index in [4.69, 9.17) is 4.74 Å². The van der Waals surface area contributed by atoms with E-state index in [0.29, 0.717) is 11.3 Å². The summed E-state index contributed by atoms with van der Waals surface area (Å²) in [6, 6.07) is 25.2. The number of hydrogen-bond donors (Lipinski definition) is 0. The Morgan fingerprint density at radius 1 is 0.821 bits per heavy atom. The molecule has 5 atom stereocenters. The number of hydrogen-bond acceptors (Lipinski definition) is 6. The largest absolute Gasteiger partial charge is 0.432 e. The number of fused-ring (bicyclic) bond motifs is 5. The van der Waals surface area contributed by atoms with Gasteiger partial charge in [0.05, 0.1) is 11.6 Å². The number of amides is 2. The van der Waals surface area contributed by atoms with Crippen LogP contribution in [0.2, 0.25) is 0 Å². The third-order valence-electron chi connectivity index (χ3n) is 9.01. The van der Waals surface area contributed by atoms with Gasteiger partial charge in [-0.3, -0.25) is 9.59 Å². The Kier molecular flexibility index (Phi) is 4.77. The van der Waals surface area contributed by atoms with Crippen molar-refractivity contribution >= 4 is 39.4 Å². The van der Waals surface area contributed by atoms with Crippen LogP contribution in [0.15, 0.2) is 101 Å². The van der Waals surface area contributed by atoms with Crippen molar-refractivity contribution in [2.24, 2.45) is 5.92 Å². The SMILES string of the molecule is O=C1[C@@H]2[C@H](C(=O)N1c1ccccc1)N1[C@H]3CCCC3=C[C@@]3(c4ccccc4)OC(=O)[C@]2(c2ccc(Br)cc2)N13. The van der Waals surface area contributed by atoms with E-state index in [1.807, 2.05) is 77.8 Å². The molecule has 1 saturated carbocycles. The number of rotatable bonds is 3. The summed E-state index contributed by atoms with van der Waals surface area (Å²) in [6.45, 7) is 0. The van der Waals surface area contributed by atoms with Crippen molar-refractivity contribution in [3.63, 3.8) is 0 Å². The van der Waals surface area contributed by atoms with E-state index in [1.165, 1.54) is 4.90 Å². The molecular weight excluding hydrogens is 558 g/mol. The molecule has 194 valence electrons. The van der Waals surface area contributed by atoms with E-state index >= 15 is 0 Å². The van der Waals surface area contributed by atoms with Crippen molar-refractivity contribution in [1.82, 2.24) is 10.0 Å². The highest BCUT2D eigenvalue weighted by molar-refractivity contribution is 9.10. The number of carbonyl (C=O) groups is 3. The molecule has 4 aliphatic heterocycles. The number of benzene rings is 3. The highest BCUT2D eigenvalue weighted by atomic mass is 79.9. The summed E-state index contributed by atoms with van der Waals surface area (Å²) in [5, 5.41) is 4.02. The van der Waals surface area contributed by atoms with Crippen LogP contribution < -0.4 is 4.90 Å². The Labute approximate surface area is 233 Å². The first kappa shape index (κ1) is 23.3. The molecule has 5 aliphatic rings. The molecule has 8 heteroatoms. The molecule has 0 spiro atoms. The summed E-state index contributed by atoms with van der Waals surface area (Å²) < 4.78 is 7.33. The summed E-state index contributed by atoms with van der Waals surface area (Å²) in [5.41, 5.74) is 0.316. The lowest BCUT2D eigenvalue weighted by atomic mass is 9.76. The number of hydrazine groups is 1. The van der Waals surface area contributed by atoms with Gasteiger partial charge in [-0.2, -0.15) is 5.01 Å². The van der Waals surface area contributed by atoms with Crippen LogP contribution in [-0.2, 0) is 30.4 Å². The fourth-order valence-electron chi connectivity index (χ4n) is 7.57. The second-order valence-corrected chi connectivity index (χ2v) is 11.7. The average Bonchev–Trinajstić information content (AvgIpc) is 3.67. The number of ether oxygens (including phenoxy) is 1. The molecule has 0 N–H and O–H groups in total. The molecule has 3 aromatic rings. The van der Waals surface area contributed by atoms with Crippen molar-refractivity contribution in [1.29, 1.82) is 0 Å². The van der Waals surface area contributed by atoms with Gasteiger partial charge in [0.15, 0.2) is 5.54 Å². The third-order valence-corrected chi connectivity index (χ3v) is 9.54. The number of para-hydroxylation sites is 1. The molecule has 0 unspecified atom stereocenters. The molecular formula is C31H24BrN3O4. The van der Waals surface area contributed by atoms with Gasteiger partial charge >= 0.3 is 5.97 Å². The van der Waals surface area contributed by atoms with Crippen LogP contribution in [0.25, 0.3) is 0 Å². The minimum atomic E-state index is -1.51. The van der Waals surface area contributed by atoms with Crippen LogP contribution in [0.4, 0.5) is 5.69 Å². The molecule has 1 aliphatic carbocycles. The predicted octanol–water partition coefficient (Wildman–Crippen LogP) is 4.64. The molecule has 0 aromatic heterocycles. The number of esters is 1. The minimum absolute atomic E-state index is 0.0892. The fourth-order valence-corrected chi connectivity index (χ4v) is 7.84. The lowest BCUT2D eigenvalue weighted by Crippen LogP contribution is -2.63. The molecule has 3 saturated heterocycles. The van der Waals surface area contributed by atoms with Gasteiger partial charge in [-0.25, -0.2) is 14.7 Å². The number of halogens is 1. The highest BCUT2D eigenvalue weighted by Gasteiger charge is 2.82. The van der Waals surface area contributed by atoms with Gasteiger partial charge in [-0.05, 0) is 60.7 Å². The highest BCUT2D eigenvalue weighted by Crippen LogP contribution is 2.65. The Bertz CT molecular complexity index is 1580. The maximum atomic E-state index is 14.5. The van der Waals surface area contributed by atoms with Crippen molar-refractivity contribution in [2.75, 3.05) is 4.90 Å². The Balaban J connectivity index is 1.44. The molecule has 2 amide bonds. The number of nitrogens with zero attached hydrogens (tertiary/aromatic N) is 3. The molecule has 4 fully saturated rings. The van der Waals surface area contributed by atoms with Gasteiger partial charge in [0.2, 0.25) is 11.6 Å². The maximum Gasteiger partial charge on any atom is 0.335 e. The third kappa shape index (κ3) is 2.76. The minimum Gasteiger partial charge on any atom is -0.432 e. The standard InChI is InChI=1S/C31H24BrN3O4/c32-22-16-14-21(15-17-22)31-25-26(28(37)33(27(25)36)23-11-5-2-6-12-23)34-24-13-7-8-19(24)18-30(35(31)34,39-29(31)38)20-9-3-1-4-10-20/h1-6,9-12,14-18,24-26H,7-8,13H2/t24-,25-,26+,30-,31+/m0/s1. The Morgan fingerprint density at radius 3 is 2.23 bits per heavy atom. The van der Waals surface area contributed by atoms with Crippen molar-refractivity contribution in [3.8, 4) is 0 Å². The summed E-state index contributed by atoms with van der Waals surface area (Å²) >= 11 is 3.51. The summed E-state index contributed by atoms with van der Waals surface area (Å²) in [5.74, 6) is -2.17. The normalized spacial score (nSPS) is 33.2. The second kappa shape index (κ2) is 7.97. The van der Waals surface area contributed by atoms with E-state index in [-0.39, 0.29) is 17.9 Å². The van der Waals surface area contributed by atoms with Gasteiger partial charge in [0.25, 0.3) is 5.91 Å². The average molecular weight is 582 g/mol. The van der Waals surface area contributed by atoms with Crippen molar-refractivity contribution in [2.45, 2.75) is 42.6 Å². The first-order valence-corrected chi connectivity index (χ1v) is 14.1. The zero-order valence-electron chi connectivity index (χ0n) is 20.9. The number of imide groups is 1. The Hall–Kier alpha value is -3.59. The van der Waals surface area contributed by atoms with Crippen LogP contribution in [0.3, 0.4) is 0 Å². The molecule has 0 radical (unpaired) electrons. The lowest BCUT2D eigenvalue weighted by Gasteiger charge is -2.49. The van der Waals surface area contributed by atoms with Crippen LogP contribution in [-0.4, -0.2) is 39.9 Å². The van der Waals surface area contributed by atoms with Gasteiger partial charge in [0, 0.05) is 16.1 Å². The van der Waals surface area contributed by atoms with Crippen LogP contribution in [0.5, 0.6) is 0 Å². The summed E-state index contributed by atoms with van der Waals surface area (Å²) in [4.78, 5) is 44.6. The number of carbonyl (C=O) groups excluding carboxylic acids is 3. The lowest BCUT2D eigenvalue weighted by molar-refractivity contribution is -0.191. The summed E-state index contributed by atoms with van der Waals surface area (Å²) in [7, 11) is 0. The van der Waals surface area contributed by atoms with E-state index in [0.717, 1.165) is 34.9 Å². The van der Waals surface area contributed by atoms with Crippen LogP contribution in [0, 0.1) is 5.92 Å². The van der Waals surface area contributed by atoms with Crippen LogP contribution in [0.1, 0.15) is 30.4 Å². The molecule has 4 heterocycles. The quantitative estimate of drug-likeness (QED) is 0.255. The van der Waals surface area contributed by atoms with Gasteiger partial charge in [0.1, 0.15) is 6.04 Å². The van der Waals surface area contributed by atoms with Gasteiger partial charge in [-0.15, -0.1) is 0 Å². The molecule has 7 nitrogen and oxygen atoms in total. The van der Waals surface area contributed by atoms with Gasteiger partial charge < -0.3 is 4.74 Å². The monoisotopic (exact) mass is 581 g/mol. The van der Waals surface area contributed by atoms with E-state index < -0.39 is 29.2 Å². The zero-order chi connectivity index (χ0) is 26.5. The summed E-state index contributed by atoms with van der Waals surface area (Å²) in [6.07, 6.45) is 4.75. The van der Waals surface area contributed by atoms with E-state index in [2.05, 4.69) is 27.0 Å². The molecule has 39 heavy (non-hydrogen) atoms. The van der Waals surface area contributed by atoms with E-state index in [1.54, 1.807) is 12.1 Å². The van der Waals surface area contributed by atoms with Crippen molar-refractivity contribution in [3.05, 3.63) is 112 Å². The topological polar surface area (TPSA) is 70.2 Å². The van der Waals surface area contributed by atoms with Crippen molar-refractivity contribution < 1.29 is 19.1 Å². The smallest absolute Gasteiger partial charge is 0.335 e. The number of anilines is 1. The maximum absolute atomic E-state index is 14.5. The Morgan fingerprint density at radius 2 is 1.51 bits per heavy atom. The fraction of sp³-hybridized carbons (Fsp3) is 0.258. The second-order valence-electron chi connectivity index (χ2n) is 10.8.